The highest BCUT2D eigenvalue weighted by Crippen LogP contribution is 2.18. The van der Waals surface area contributed by atoms with Gasteiger partial charge in [0.25, 0.3) is 0 Å². The van der Waals surface area contributed by atoms with Gasteiger partial charge in [-0.3, -0.25) is 9.89 Å². The number of likely N-dealkylation sites (N-methyl/N-ethyl adjacent to an activating group) is 1. The first-order chi connectivity index (χ1) is 13.7. The van der Waals surface area contributed by atoms with Gasteiger partial charge in [0.15, 0.2) is 5.96 Å². The minimum absolute atomic E-state index is 0.574. The number of hydrogen-bond donors (Lipinski definition) is 2. The topological polar surface area (TPSA) is 68.9 Å². The van der Waals surface area contributed by atoms with Crippen LogP contribution in [-0.4, -0.2) is 73.6 Å². The molecule has 1 aliphatic heterocycles. The van der Waals surface area contributed by atoms with Crippen LogP contribution in [-0.2, 0) is 6.54 Å². The molecule has 7 nitrogen and oxygen atoms in total. The van der Waals surface area contributed by atoms with Gasteiger partial charge in [-0.1, -0.05) is 24.6 Å². The molecule has 0 unspecified atom stereocenters. The summed E-state index contributed by atoms with van der Waals surface area (Å²) in [6.07, 6.45) is 1.70. The fraction of sp³-hybridized carbons (Fsp3) is 0.524. The first-order valence-corrected chi connectivity index (χ1v) is 10.1. The highest BCUT2D eigenvalue weighted by molar-refractivity contribution is 5.79. The number of aryl methyl sites for hydroxylation is 1. The number of piperazine rings is 1. The molecule has 0 saturated carbocycles. The molecule has 0 bridgehead atoms. The number of benzene rings is 1. The van der Waals surface area contributed by atoms with Crippen LogP contribution in [0.3, 0.4) is 0 Å². The molecule has 1 aromatic heterocycles. The molecule has 2 N–H and O–H groups in total. The van der Waals surface area contributed by atoms with Gasteiger partial charge in [-0.25, -0.2) is 4.98 Å². The number of oxazole rings is 1. The maximum absolute atomic E-state index is 5.61. The fourth-order valence-electron chi connectivity index (χ4n) is 3.27. The molecular formula is C21H32N6O. The van der Waals surface area contributed by atoms with Crippen LogP contribution in [0.2, 0.25) is 0 Å². The summed E-state index contributed by atoms with van der Waals surface area (Å²) in [5.74, 6) is 1.43. The maximum atomic E-state index is 5.61. The molecular weight excluding hydrogens is 352 g/mol. The Morgan fingerprint density at radius 1 is 1.11 bits per heavy atom. The predicted octanol–water partition coefficient (Wildman–Crippen LogP) is 1.95. The summed E-state index contributed by atoms with van der Waals surface area (Å²) in [6.45, 7) is 12.5. The highest BCUT2D eigenvalue weighted by Gasteiger charge is 2.14. The normalized spacial score (nSPS) is 16.3. The van der Waals surface area contributed by atoms with Crippen molar-refractivity contribution in [3.63, 3.8) is 0 Å². The van der Waals surface area contributed by atoms with Gasteiger partial charge >= 0.3 is 0 Å². The smallest absolute Gasteiger partial charge is 0.226 e. The summed E-state index contributed by atoms with van der Waals surface area (Å²) in [4.78, 5) is 13.8. The van der Waals surface area contributed by atoms with Crippen molar-refractivity contribution in [2.24, 2.45) is 4.99 Å². The molecule has 0 amide bonds. The Labute approximate surface area is 167 Å². The Bertz CT molecular complexity index is 747. The first-order valence-electron chi connectivity index (χ1n) is 10.1. The first kappa shape index (κ1) is 20.4. The van der Waals surface area contributed by atoms with Gasteiger partial charge in [-0.05, 0) is 25.6 Å². The van der Waals surface area contributed by atoms with Gasteiger partial charge < -0.3 is 20.0 Å². The molecule has 0 aliphatic carbocycles. The lowest BCUT2D eigenvalue weighted by atomic mass is 10.1. The van der Waals surface area contributed by atoms with Crippen LogP contribution in [0.5, 0.6) is 0 Å². The van der Waals surface area contributed by atoms with E-state index in [4.69, 9.17) is 4.42 Å². The van der Waals surface area contributed by atoms with Gasteiger partial charge in [0.2, 0.25) is 5.89 Å². The molecule has 7 heteroatoms. The average Bonchev–Trinajstić information content (AvgIpc) is 3.20. The van der Waals surface area contributed by atoms with Crippen LogP contribution in [0.15, 0.2) is 39.9 Å². The number of rotatable bonds is 7. The zero-order valence-corrected chi connectivity index (χ0v) is 17.2. The van der Waals surface area contributed by atoms with Crippen LogP contribution in [0, 0.1) is 6.92 Å². The number of nitrogens with one attached hydrogen (secondary N) is 2. The van der Waals surface area contributed by atoms with Crippen molar-refractivity contribution in [2.45, 2.75) is 20.4 Å². The van der Waals surface area contributed by atoms with Gasteiger partial charge in [0.05, 0.1) is 12.2 Å². The van der Waals surface area contributed by atoms with E-state index >= 15 is 0 Å². The SMILES string of the molecule is CCN1CCN(CCNC(=NC)NCc2coc(-c3ccc(C)cc3)n2)CC1. The zero-order chi connectivity index (χ0) is 19.8. The lowest BCUT2D eigenvalue weighted by Crippen LogP contribution is -2.49. The molecule has 2 heterocycles. The van der Waals surface area contributed by atoms with E-state index in [9.17, 15) is 0 Å². The number of hydrogen-bond acceptors (Lipinski definition) is 5. The molecule has 1 fully saturated rings. The van der Waals surface area contributed by atoms with E-state index in [0.717, 1.165) is 49.9 Å². The van der Waals surface area contributed by atoms with E-state index in [-0.39, 0.29) is 0 Å². The zero-order valence-electron chi connectivity index (χ0n) is 17.2. The van der Waals surface area contributed by atoms with Crippen LogP contribution in [0.1, 0.15) is 18.2 Å². The highest BCUT2D eigenvalue weighted by atomic mass is 16.3. The summed E-state index contributed by atoms with van der Waals surface area (Å²) >= 11 is 0. The van der Waals surface area contributed by atoms with Crippen LogP contribution < -0.4 is 10.6 Å². The van der Waals surface area contributed by atoms with Crippen molar-refractivity contribution in [2.75, 3.05) is 52.9 Å². The van der Waals surface area contributed by atoms with E-state index in [2.05, 4.69) is 56.4 Å². The van der Waals surface area contributed by atoms with Crippen LogP contribution in [0.4, 0.5) is 0 Å². The maximum Gasteiger partial charge on any atom is 0.226 e. The summed E-state index contributed by atoms with van der Waals surface area (Å²) in [5.41, 5.74) is 3.07. The second kappa shape index (κ2) is 10.2. The fourth-order valence-corrected chi connectivity index (χ4v) is 3.27. The third-order valence-corrected chi connectivity index (χ3v) is 5.14. The van der Waals surface area contributed by atoms with Crippen LogP contribution >= 0.6 is 0 Å². The third kappa shape index (κ3) is 5.81. The molecule has 28 heavy (non-hydrogen) atoms. The number of aromatic nitrogens is 1. The molecule has 2 aromatic rings. The summed E-state index contributed by atoms with van der Waals surface area (Å²) in [6, 6.07) is 8.18. The van der Waals surface area contributed by atoms with Crippen molar-refractivity contribution in [3.05, 3.63) is 41.8 Å². The van der Waals surface area contributed by atoms with Crippen molar-refractivity contribution in [1.29, 1.82) is 0 Å². The Hall–Kier alpha value is -2.38. The van der Waals surface area contributed by atoms with Gasteiger partial charge in [0.1, 0.15) is 6.26 Å². The second-order valence-electron chi connectivity index (χ2n) is 7.14. The number of guanidine groups is 1. The van der Waals surface area contributed by atoms with Gasteiger partial charge in [0, 0.05) is 51.9 Å². The molecule has 152 valence electrons. The van der Waals surface area contributed by atoms with E-state index < -0.39 is 0 Å². The van der Waals surface area contributed by atoms with E-state index in [0.29, 0.717) is 12.4 Å². The quantitative estimate of drug-likeness (QED) is 0.562. The second-order valence-corrected chi connectivity index (χ2v) is 7.14. The molecule has 0 radical (unpaired) electrons. The summed E-state index contributed by atoms with van der Waals surface area (Å²) in [7, 11) is 1.79. The van der Waals surface area contributed by atoms with Crippen molar-refractivity contribution < 1.29 is 4.42 Å². The summed E-state index contributed by atoms with van der Waals surface area (Å²) in [5, 5.41) is 6.69. The minimum atomic E-state index is 0.574. The lowest BCUT2D eigenvalue weighted by molar-refractivity contribution is 0.139. The average molecular weight is 385 g/mol. The van der Waals surface area contributed by atoms with E-state index in [1.807, 2.05) is 12.1 Å². The van der Waals surface area contributed by atoms with E-state index in [1.54, 1.807) is 13.3 Å². The van der Waals surface area contributed by atoms with Crippen molar-refractivity contribution >= 4 is 5.96 Å². The minimum Gasteiger partial charge on any atom is -0.444 e. The monoisotopic (exact) mass is 384 g/mol. The Balaban J connectivity index is 1.40. The molecule has 0 atom stereocenters. The molecule has 1 aliphatic rings. The standard InChI is InChI=1S/C21H32N6O/c1-4-26-11-13-27(14-12-26)10-9-23-21(22-3)24-15-19-16-28-20(25-19)18-7-5-17(2)6-8-18/h5-8,16H,4,9-15H2,1-3H3,(H2,22,23,24). The van der Waals surface area contributed by atoms with Crippen LogP contribution in [0.25, 0.3) is 11.5 Å². The van der Waals surface area contributed by atoms with Gasteiger partial charge in [-0.2, -0.15) is 0 Å². The lowest BCUT2D eigenvalue weighted by Gasteiger charge is -2.34. The Morgan fingerprint density at radius 3 is 2.50 bits per heavy atom. The summed E-state index contributed by atoms with van der Waals surface area (Å²) < 4.78 is 5.61. The Kier molecular flexibility index (Phi) is 7.45. The Morgan fingerprint density at radius 2 is 1.82 bits per heavy atom. The van der Waals surface area contributed by atoms with Gasteiger partial charge in [-0.15, -0.1) is 0 Å². The largest absolute Gasteiger partial charge is 0.444 e. The molecule has 1 saturated heterocycles. The number of aliphatic imine (C=N–C) groups is 1. The van der Waals surface area contributed by atoms with E-state index in [1.165, 1.54) is 18.7 Å². The van der Waals surface area contributed by atoms with Crippen molar-refractivity contribution in [1.82, 2.24) is 25.4 Å². The molecule has 1 aromatic carbocycles. The number of nitrogens with zero attached hydrogens (tertiary/aromatic N) is 4. The molecule has 0 spiro atoms. The van der Waals surface area contributed by atoms with Crippen molar-refractivity contribution in [3.8, 4) is 11.5 Å². The predicted molar refractivity (Wildman–Crippen MR) is 113 cm³/mol. The third-order valence-electron chi connectivity index (χ3n) is 5.14. The molecule has 3 rings (SSSR count).